The van der Waals surface area contributed by atoms with Gasteiger partial charge in [0.05, 0.1) is 12.2 Å². The summed E-state index contributed by atoms with van der Waals surface area (Å²) in [6.07, 6.45) is -3.93. The van der Waals surface area contributed by atoms with Gasteiger partial charge in [-0.15, -0.1) is 0 Å². The second kappa shape index (κ2) is 10.2. The van der Waals surface area contributed by atoms with Crippen LogP contribution in [-0.2, 0) is 15.2 Å². The molecule has 0 saturated heterocycles. The van der Waals surface area contributed by atoms with Gasteiger partial charge in [-0.05, 0) is 48.0 Å². The molecule has 0 fully saturated rings. The van der Waals surface area contributed by atoms with E-state index in [0.717, 1.165) is 18.2 Å². The number of halogens is 5. The Morgan fingerprint density at radius 2 is 1.70 bits per heavy atom. The van der Waals surface area contributed by atoms with Crippen LogP contribution in [0.25, 0.3) is 16.5 Å². The number of benzene rings is 3. The van der Waals surface area contributed by atoms with Gasteiger partial charge in [0.1, 0.15) is 0 Å². The molecule has 37 heavy (non-hydrogen) atoms. The Hall–Kier alpha value is -3.27. The number of carbonyl (C=O) groups is 2. The Morgan fingerprint density at radius 1 is 1.05 bits per heavy atom. The van der Waals surface area contributed by atoms with E-state index in [1.165, 1.54) is 23.1 Å². The summed E-state index contributed by atoms with van der Waals surface area (Å²) in [5.74, 6) is -0.734. The molecule has 0 spiro atoms. The summed E-state index contributed by atoms with van der Waals surface area (Å²) in [6, 6.07) is 13.4. The molecule has 1 aliphatic heterocycles. The molecule has 1 heterocycles. The normalized spacial score (nSPS) is 17.3. The molecule has 6 nitrogen and oxygen atoms in total. The van der Waals surface area contributed by atoms with Crippen LogP contribution in [-0.4, -0.2) is 43.0 Å². The Labute approximate surface area is 220 Å². The van der Waals surface area contributed by atoms with Crippen molar-refractivity contribution in [3.05, 3.63) is 87.4 Å². The lowest BCUT2D eigenvalue weighted by atomic mass is 9.90. The minimum absolute atomic E-state index is 0.0287. The number of nitrogens with zero attached hydrogens (tertiary/aromatic N) is 1. The summed E-state index contributed by atoms with van der Waals surface area (Å²) in [5.41, 5.74) is -0.0181. The second-order valence-corrected chi connectivity index (χ2v) is 9.32. The maximum atomic E-state index is 14.4. The molecule has 194 valence electrons. The van der Waals surface area contributed by atoms with E-state index >= 15 is 0 Å². The highest BCUT2D eigenvalue weighted by Gasteiger charge is 2.59. The first-order chi connectivity index (χ1) is 17.5. The number of carbonyl (C=O) groups excluding carboxylic acids is 2. The largest absolute Gasteiger partial charge is 0.428 e. The molecule has 4 rings (SSSR count). The van der Waals surface area contributed by atoms with E-state index in [-0.39, 0.29) is 39.3 Å². The number of hydrogen-bond donors (Lipinski definition) is 2. The lowest BCUT2D eigenvalue weighted by molar-refractivity contribution is -0.269. The van der Waals surface area contributed by atoms with Gasteiger partial charge in [0.25, 0.3) is 5.91 Å². The van der Waals surface area contributed by atoms with E-state index in [2.05, 4.69) is 10.8 Å². The summed E-state index contributed by atoms with van der Waals surface area (Å²) >= 11 is 12.0. The second-order valence-electron chi connectivity index (χ2n) is 8.45. The lowest BCUT2D eigenvalue weighted by Crippen LogP contribution is -2.42. The molecule has 3 aromatic rings. The van der Waals surface area contributed by atoms with Crippen LogP contribution < -0.4 is 10.8 Å². The minimum Gasteiger partial charge on any atom is -0.345 e. The molecule has 0 aromatic heterocycles. The third-order valence-corrected chi connectivity index (χ3v) is 6.58. The summed E-state index contributed by atoms with van der Waals surface area (Å²) in [7, 11) is 1.63. The van der Waals surface area contributed by atoms with Crippen LogP contribution in [0, 0.1) is 0 Å². The van der Waals surface area contributed by atoms with Crippen molar-refractivity contribution in [3.8, 4) is 0 Å². The van der Waals surface area contributed by atoms with Gasteiger partial charge < -0.3 is 10.2 Å². The third-order valence-electron chi connectivity index (χ3n) is 6.14. The highest BCUT2D eigenvalue weighted by Crippen LogP contribution is 2.48. The van der Waals surface area contributed by atoms with Crippen LogP contribution in [0.5, 0.6) is 0 Å². The molecule has 0 radical (unpaired) electrons. The molecule has 1 unspecified atom stereocenters. The number of amides is 2. The molecule has 1 aliphatic rings. The molecule has 0 saturated carbocycles. The number of alkyl halides is 3. The molecule has 0 bridgehead atoms. The van der Waals surface area contributed by atoms with Crippen LogP contribution in [0.3, 0.4) is 0 Å². The Kier molecular flexibility index (Phi) is 7.41. The van der Waals surface area contributed by atoms with E-state index < -0.39 is 17.7 Å². The molecule has 2 amide bonds. The Morgan fingerprint density at radius 3 is 2.32 bits per heavy atom. The molecular formula is C26H22Cl2F3N3O3. The standard InChI is InChI=1S/C26H22Cl2F3N3O3/c1-3-34(2)23(35)14-32-24(36)21-9-8-20(18-6-4-5-7-19(18)21)22-13-25(37-33-22,26(29,30)31)15-10-16(27)12-17(28)11-15/h4-13,33H,3,14H2,1-2H3,(H,32,36). The van der Waals surface area contributed by atoms with Crippen LogP contribution in [0.4, 0.5) is 13.2 Å². The molecule has 3 aromatic carbocycles. The van der Waals surface area contributed by atoms with Crippen molar-refractivity contribution in [2.75, 3.05) is 20.1 Å². The summed E-state index contributed by atoms with van der Waals surface area (Å²) in [6.45, 7) is 2.13. The molecule has 1 atom stereocenters. The van der Waals surface area contributed by atoms with E-state index in [0.29, 0.717) is 22.9 Å². The van der Waals surface area contributed by atoms with Crippen molar-refractivity contribution < 1.29 is 27.6 Å². The zero-order chi connectivity index (χ0) is 27.0. The van der Waals surface area contributed by atoms with Crippen molar-refractivity contribution in [1.29, 1.82) is 0 Å². The van der Waals surface area contributed by atoms with Gasteiger partial charge in [-0.3, -0.25) is 19.9 Å². The predicted octanol–water partition coefficient (Wildman–Crippen LogP) is 5.69. The first-order valence-corrected chi connectivity index (χ1v) is 12.0. The van der Waals surface area contributed by atoms with Gasteiger partial charge in [-0.25, -0.2) is 0 Å². The fraction of sp³-hybridized carbons (Fsp3) is 0.231. The number of hydroxylamine groups is 1. The number of rotatable bonds is 6. The summed E-state index contributed by atoms with van der Waals surface area (Å²) < 4.78 is 43.2. The van der Waals surface area contributed by atoms with Crippen LogP contribution in [0.15, 0.2) is 60.7 Å². The van der Waals surface area contributed by atoms with Crippen LogP contribution in [0.2, 0.25) is 10.0 Å². The Balaban J connectivity index is 1.76. The fourth-order valence-electron chi connectivity index (χ4n) is 4.04. The monoisotopic (exact) mass is 551 g/mol. The fourth-order valence-corrected chi connectivity index (χ4v) is 4.56. The van der Waals surface area contributed by atoms with E-state index in [1.54, 1.807) is 31.3 Å². The average molecular weight is 552 g/mol. The van der Waals surface area contributed by atoms with E-state index in [1.807, 2.05) is 6.92 Å². The third kappa shape index (κ3) is 5.12. The zero-order valence-corrected chi connectivity index (χ0v) is 21.3. The SMILES string of the molecule is CCN(C)C(=O)CNC(=O)c1ccc(C2=CC(c3cc(Cl)cc(Cl)c3)(C(F)(F)F)ON2)c2ccccc12. The molecule has 0 aliphatic carbocycles. The lowest BCUT2D eigenvalue weighted by Gasteiger charge is -2.28. The average Bonchev–Trinajstić information content (AvgIpc) is 3.32. The van der Waals surface area contributed by atoms with Gasteiger partial charge in [0.15, 0.2) is 0 Å². The van der Waals surface area contributed by atoms with Gasteiger partial charge in [-0.2, -0.15) is 13.2 Å². The number of hydrogen-bond acceptors (Lipinski definition) is 4. The van der Waals surface area contributed by atoms with Crippen LogP contribution >= 0.6 is 23.2 Å². The quantitative estimate of drug-likeness (QED) is 0.413. The summed E-state index contributed by atoms with van der Waals surface area (Å²) in [4.78, 5) is 31.6. The first-order valence-electron chi connectivity index (χ1n) is 11.2. The van der Waals surface area contributed by atoms with Crippen molar-refractivity contribution in [1.82, 2.24) is 15.7 Å². The molecular weight excluding hydrogens is 530 g/mol. The molecule has 11 heteroatoms. The van der Waals surface area contributed by atoms with Crippen molar-refractivity contribution in [3.63, 3.8) is 0 Å². The first kappa shape index (κ1) is 26.8. The smallest absolute Gasteiger partial charge is 0.345 e. The topological polar surface area (TPSA) is 70.7 Å². The number of likely N-dealkylation sites (N-methyl/N-ethyl adjacent to an activating group) is 1. The van der Waals surface area contributed by atoms with E-state index in [4.69, 9.17) is 28.0 Å². The zero-order valence-electron chi connectivity index (χ0n) is 19.7. The van der Waals surface area contributed by atoms with Crippen LogP contribution in [0.1, 0.15) is 28.4 Å². The van der Waals surface area contributed by atoms with Crippen molar-refractivity contribution >= 4 is 51.5 Å². The van der Waals surface area contributed by atoms with E-state index in [9.17, 15) is 22.8 Å². The van der Waals surface area contributed by atoms with Crippen molar-refractivity contribution in [2.24, 2.45) is 0 Å². The minimum atomic E-state index is -4.86. The summed E-state index contributed by atoms with van der Waals surface area (Å²) in [5, 5.41) is 3.66. The highest BCUT2D eigenvalue weighted by atomic mass is 35.5. The predicted molar refractivity (Wildman–Crippen MR) is 136 cm³/mol. The van der Waals surface area contributed by atoms with Gasteiger partial charge in [0, 0.05) is 40.3 Å². The van der Waals surface area contributed by atoms with Gasteiger partial charge in [-0.1, -0.05) is 53.5 Å². The molecule has 2 N–H and O–H groups in total. The maximum Gasteiger partial charge on any atom is 0.428 e. The maximum absolute atomic E-state index is 14.4. The van der Waals surface area contributed by atoms with Gasteiger partial charge in [0.2, 0.25) is 11.5 Å². The highest BCUT2D eigenvalue weighted by molar-refractivity contribution is 6.34. The van der Waals surface area contributed by atoms with Gasteiger partial charge >= 0.3 is 6.18 Å². The number of fused-ring (bicyclic) bond motifs is 1. The Bertz CT molecular complexity index is 1390. The van der Waals surface area contributed by atoms with Crippen molar-refractivity contribution in [2.45, 2.75) is 18.7 Å². The number of nitrogens with one attached hydrogen (secondary N) is 2.